The molecule has 7 atom stereocenters. The van der Waals surface area contributed by atoms with E-state index in [9.17, 15) is 30.6 Å². The number of phenols is 1. The van der Waals surface area contributed by atoms with E-state index in [4.69, 9.17) is 14.6 Å². The summed E-state index contributed by atoms with van der Waals surface area (Å²) in [6, 6.07) is 5.56. The van der Waals surface area contributed by atoms with Gasteiger partial charge in [0.25, 0.3) is 0 Å². The fourth-order valence-corrected chi connectivity index (χ4v) is 2.46. The number of hydrogen-bond donors (Lipinski definition) is 7. The largest absolute Gasteiger partial charge is 0.508 e. The predicted octanol–water partition coefficient (Wildman–Crippen LogP) is -2.40. The van der Waals surface area contributed by atoms with Crippen LogP contribution in [0.15, 0.2) is 24.3 Å². The first-order chi connectivity index (χ1) is 11.4. The summed E-state index contributed by atoms with van der Waals surface area (Å²) in [5.41, 5.74) is 0.344. The van der Waals surface area contributed by atoms with Gasteiger partial charge in [-0.15, -0.1) is 0 Å². The van der Waals surface area contributed by atoms with Crippen LogP contribution < -0.4 is 0 Å². The van der Waals surface area contributed by atoms with Crippen LogP contribution in [-0.4, -0.2) is 85.8 Å². The van der Waals surface area contributed by atoms with Gasteiger partial charge in [0, 0.05) is 0 Å². The van der Waals surface area contributed by atoms with E-state index in [0.29, 0.717) is 5.56 Å². The van der Waals surface area contributed by atoms with Crippen LogP contribution in [0.3, 0.4) is 0 Å². The van der Waals surface area contributed by atoms with E-state index in [0.717, 1.165) is 0 Å². The van der Waals surface area contributed by atoms with Crippen molar-refractivity contribution in [3.63, 3.8) is 0 Å². The predicted molar refractivity (Wildman–Crippen MR) is 78.8 cm³/mol. The average Bonchev–Trinajstić information content (AvgIpc) is 2.59. The molecule has 7 N–H and O–H groups in total. The number of aliphatic hydroxyl groups is 6. The fourth-order valence-electron chi connectivity index (χ4n) is 2.46. The number of aliphatic hydroxyl groups excluding tert-OH is 6. The summed E-state index contributed by atoms with van der Waals surface area (Å²) < 4.78 is 10.5. The highest BCUT2D eigenvalue weighted by atomic mass is 16.7. The van der Waals surface area contributed by atoms with Gasteiger partial charge in [0.1, 0.15) is 42.4 Å². The van der Waals surface area contributed by atoms with Crippen LogP contribution in [0, 0.1) is 0 Å². The molecule has 1 aliphatic rings. The van der Waals surface area contributed by atoms with Crippen molar-refractivity contribution in [3.05, 3.63) is 29.8 Å². The van der Waals surface area contributed by atoms with Gasteiger partial charge in [0.2, 0.25) is 0 Å². The molecule has 24 heavy (non-hydrogen) atoms. The highest BCUT2D eigenvalue weighted by Gasteiger charge is 2.45. The van der Waals surface area contributed by atoms with E-state index in [1.807, 2.05) is 0 Å². The molecule has 0 aliphatic carbocycles. The van der Waals surface area contributed by atoms with Crippen LogP contribution in [0.2, 0.25) is 0 Å². The molecule has 0 bridgehead atoms. The van der Waals surface area contributed by atoms with Crippen LogP contribution in [0.4, 0.5) is 0 Å². The fraction of sp³-hybridized carbons (Fsp3) is 0.600. The quantitative estimate of drug-likeness (QED) is 0.298. The van der Waals surface area contributed by atoms with Crippen molar-refractivity contribution in [1.29, 1.82) is 0 Å². The lowest BCUT2D eigenvalue weighted by molar-refractivity contribution is -0.319. The molecule has 0 amide bonds. The Morgan fingerprint density at radius 1 is 1.00 bits per heavy atom. The van der Waals surface area contributed by atoms with Gasteiger partial charge < -0.3 is 45.2 Å². The summed E-state index contributed by atoms with van der Waals surface area (Å²) in [4.78, 5) is 0. The van der Waals surface area contributed by atoms with Gasteiger partial charge in [0.05, 0.1) is 13.2 Å². The Kier molecular flexibility index (Phi) is 6.49. The monoisotopic (exact) mass is 346 g/mol. The van der Waals surface area contributed by atoms with Gasteiger partial charge >= 0.3 is 0 Å². The molecular formula is C15H22O9. The summed E-state index contributed by atoms with van der Waals surface area (Å²) in [5, 5.41) is 67.4. The Bertz CT molecular complexity index is 506. The molecule has 1 saturated heterocycles. The Hall–Kier alpha value is -1.30. The molecule has 1 heterocycles. The van der Waals surface area contributed by atoms with Crippen LogP contribution in [0.1, 0.15) is 11.7 Å². The third-order valence-corrected chi connectivity index (χ3v) is 3.92. The van der Waals surface area contributed by atoms with E-state index in [1.165, 1.54) is 24.3 Å². The maximum atomic E-state index is 10.3. The summed E-state index contributed by atoms with van der Waals surface area (Å²) in [6.45, 7) is -1.24. The molecule has 1 aromatic rings. The summed E-state index contributed by atoms with van der Waals surface area (Å²) in [7, 11) is 0. The highest BCUT2D eigenvalue weighted by molar-refractivity contribution is 5.27. The number of ether oxygens (including phenoxy) is 2. The minimum absolute atomic E-state index is 0.00125. The van der Waals surface area contributed by atoms with Crippen LogP contribution >= 0.6 is 0 Å². The first-order valence-corrected chi connectivity index (χ1v) is 7.42. The zero-order valence-electron chi connectivity index (χ0n) is 12.7. The number of aromatic hydroxyl groups is 1. The summed E-state index contributed by atoms with van der Waals surface area (Å²) in [6.07, 6.45) is -9.92. The Balaban J connectivity index is 2.09. The Labute approximate surface area is 137 Å². The molecule has 0 unspecified atom stereocenters. The molecule has 1 aliphatic heterocycles. The third-order valence-electron chi connectivity index (χ3n) is 3.92. The van der Waals surface area contributed by atoms with E-state index >= 15 is 0 Å². The summed E-state index contributed by atoms with van der Waals surface area (Å²) in [5.74, 6) is 0.00125. The maximum absolute atomic E-state index is 10.3. The lowest BCUT2D eigenvalue weighted by atomic mass is 9.99. The third kappa shape index (κ3) is 4.02. The van der Waals surface area contributed by atoms with Crippen molar-refractivity contribution >= 4 is 0 Å². The first kappa shape index (κ1) is 19.0. The van der Waals surface area contributed by atoms with E-state index < -0.39 is 56.1 Å². The van der Waals surface area contributed by atoms with Gasteiger partial charge in [-0.25, -0.2) is 0 Å². The van der Waals surface area contributed by atoms with Crippen LogP contribution in [0.5, 0.6) is 5.75 Å². The lowest BCUT2D eigenvalue weighted by Crippen LogP contribution is -2.60. The number of hydrogen-bond acceptors (Lipinski definition) is 9. The van der Waals surface area contributed by atoms with E-state index in [-0.39, 0.29) is 5.75 Å². The van der Waals surface area contributed by atoms with Crippen LogP contribution in [-0.2, 0) is 9.47 Å². The van der Waals surface area contributed by atoms with Gasteiger partial charge in [-0.1, -0.05) is 12.1 Å². The standard InChI is InChI=1S/C15H22O9/c16-5-9(11(19)7-1-3-8(18)4-2-7)23-15-14(22)13(21)12(20)10(6-17)24-15/h1-4,9-22H,5-6H2/t9-,10-,11-,12-,13+,14-,15+/m1/s1. The molecule has 0 saturated carbocycles. The van der Waals surface area contributed by atoms with Gasteiger partial charge in [-0.3, -0.25) is 0 Å². The number of phenolic OH excluding ortho intramolecular Hbond substituents is 1. The second kappa shape index (κ2) is 8.19. The Morgan fingerprint density at radius 2 is 1.62 bits per heavy atom. The van der Waals surface area contributed by atoms with Crippen molar-refractivity contribution in [1.82, 2.24) is 0 Å². The topological polar surface area (TPSA) is 160 Å². The van der Waals surface area contributed by atoms with Crippen molar-refractivity contribution in [3.8, 4) is 5.75 Å². The number of benzene rings is 1. The second-order valence-electron chi connectivity index (χ2n) is 5.59. The van der Waals surface area contributed by atoms with Crippen molar-refractivity contribution in [2.45, 2.75) is 42.9 Å². The molecule has 2 rings (SSSR count). The van der Waals surface area contributed by atoms with Crippen molar-refractivity contribution < 1.29 is 45.2 Å². The lowest BCUT2D eigenvalue weighted by Gasteiger charge is -2.41. The van der Waals surface area contributed by atoms with Gasteiger partial charge in [-0.2, -0.15) is 0 Å². The number of rotatable bonds is 6. The minimum Gasteiger partial charge on any atom is -0.508 e. The summed E-state index contributed by atoms with van der Waals surface area (Å²) >= 11 is 0. The maximum Gasteiger partial charge on any atom is 0.187 e. The molecule has 0 radical (unpaired) electrons. The Morgan fingerprint density at radius 3 is 2.17 bits per heavy atom. The van der Waals surface area contributed by atoms with Crippen molar-refractivity contribution in [2.24, 2.45) is 0 Å². The van der Waals surface area contributed by atoms with E-state index in [1.54, 1.807) is 0 Å². The van der Waals surface area contributed by atoms with Gasteiger partial charge in [-0.05, 0) is 17.7 Å². The second-order valence-corrected chi connectivity index (χ2v) is 5.59. The smallest absolute Gasteiger partial charge is 0.187 e. The molecule has 0 aromatic heterocycles. The van der Waals surface area contributed by atoms with Gasteiger partial charge in [0.15, 0.2) is 6.29 Å². The molecule has 136 valence electrons. The SMILES string of the molecule is OC[C@H]1O[C@H](O[C@H](CO)[C@H](O)c2ccc(O)cc2)[C@H](O)[C@@H](O)[C@@H]1O. The zero-order valence-corrected chi connectivity index (χ0v) is 12.7. The molecule has 1 aromatic carbocycles. The molecule has 0 spiro atoms. The minimum atomic E-state index is -1.64. The normalized spacial score (nSPS) is 33.2. The highest BCUT2D eigenvalue weighted by Crippen LogP contribution is 2.27. The molecular weight excluding hydrogens is 324 g/mol. The zero-order chi connectivity index (χ0) is 17.9. The average molecular weight is 346 g/mol. The van der Waals surface area contributed by atoms with E-state index in [2.05, 4.69) is 0 Å². The first-order valence-electron chi connectivity index (χ1n) is 7.42. The molecule has 9 heteroatoms. The molecule has 9 nitrogen and oxygen atoms in total. The molecule has 1 fully saturated rings. The van der Waals surface area contributed by atoms with Crippen LogP contribution in [0.25, 0.3) is 0 Å². The van der Waals surface area contributed by atoms with Crippen molar-refractivity contribution in [2.75, 3.05) is 13.2 Å².